The summed E-state index contributed by atoms with van der Waals surface area (Å²) >= 11 is 0. The molecule has 0 radical (unpaired) electrons. The summed E-state index contributed by atoms with van der Waals surface area (Å²) in [6.07, 6.45) is 19.5. The van der Waals surface area contributed by atoms with Crippen LogP contribution in [0.25, 0.3) is 0 Å². The summed E-state index contributed by atoms with van der Waals surface area (Å²) in [5.74, 6) is 0.416. The lowest BCUT2D eigenvalue weighted by atomic mass is 10.2. The number of ether oxygens (including phenoxy) is 1. The van der Waals surface area contributed by atoms with Crippen molar-refractivity contribution in [3.8, 4) is 0 Å². The zero-order valence-electron chi connectivity index (χ0n) is 13.4. The van der Waals surface area contributed by atoms with Gasteiger partial charge in [-0.3, -0.25) is 4.79 Å². The number of hydrogen-bond donors (Lipinski definition) is 0. The van der Waals surface area contributed by atoms with Gasteiger partial charge in [-0.25, -0.2) is 0 Å². The van der Waals surface area contributed by atoms with Gasteiger partial charge in [0, 0.05) is 6.92 Å². The molecule has 0 atom stereocenters. The summed E-state index contributed by atoms with van der Waals surface area (Å²) in [5, 5.41) is 0. The molecule has 0 aliphatic rings. The first-order valence-corrected chi connectivity index (χ1v) is 7.90. The lowest BCUT2D eigenvalue weighted by Crippen LogP contribution is -1.96. The maximum absolute atomic E-state index is 11.0. The lowest BCUT2D eigenvalue weighted by molar-refractivity contribution is -0.136. The maximum Gasteiger partial charge on any atom is 0.308 e. The average molecular weight is 278 g/mol. The second-order valence-electron chi connectivity index (χ2n) is 4.94. The van der Waals surface area contributed by atoms with Crippen LogP contribution in [-0.4, -0.2) is 5.97 Å². The van der Waals surface area contributed by atoms with E-state index in [2.05, 4.69) is 32.1 Å². The summed E-state index contributed by atoms with van der Waals surface area (Å²) in [7, 11) is 0. The minimum absolute atomic E-state index is 0.257. The Kier molecular flexibility index (Phi) is 13.2. The minimum atomic E-state index is -0.257. The molecular formula is C18H30O2. The fraction of sp³-hybridized carbons (Fsp3) is 0.611. The summed E-state index contributed by atoms with van der Waals surface area (Å²) in [6, 6.07) is 0. The van der Waals surface area contributed by atoms with Gasteiger partial charge in [0.15, 0.2) is 0 Å². The first-order valence-electron chi connectivity index (χ1n) is 7.90. The summed E-state index contributed by atoms with van der Waals surface area (Å²) in [5.41, 5.74) is 0. The van der Waals surface area contributed by atoms with Crippen LogP contribution in [0.3, 0.4) is 0 Å². The van der Waals surface area contributed by atoms with Crippen LogP contribution in [0.5, 0.6) is 0 Å². The van der Waals surface area contributed by atoms with Crippen molar-refractivity contribution in [3.05, 3.63) is 36.1 Å². The van der Waals surface area contributed by atoms with E-state index in [0.717, 1.165) is 25.7 Å². The highest BCUT2D eigenvalue weighted by Gasteiger charge is 1.96. The van der Waals surface area contributed by atoms with Crippen molar-refractivity contribution >= 4 is 5.97 Å². The van der Waals surface area contributed by atoms with Crippen LogP contribution in [-0.2, 0) is 9.53 Å². The van der Waals surface area contributed by atoms with Gasteiger partial charge in [-0.2, -0.15) is 0 Å². The number of carbonyl (C=O) groups excluding carboxylic acids is 1. The molecule has 0 spiro atoms. The summed E-state index contributed by atoms with van der Waals surface area (Å²) in [4.78, 5) is 11.0. The van der Waals surface area contributed by atoms with Gasteiger partial charge < -0.3 is 4.74 Å². The van der Waals surface area contributed by atoms with Crippen LogP contribution in [0.1, 0.15) is 72.1 Å². The number of esters is 1. The molecule has 0 N–H and O–H groups in total. The van der Waals surface area contributed by atoms with E-state index in [1.54, 1.807) is 0 Å². The highest BCUT2D eigenvalue weighted by atomic mass is 16.5. The van der Waals surface area contributed by atoms with E-state index in [9.17, 15) is 4.79 Å². The highest BCUT2D eigenvalue weighted by molar-refractivity contribution is 5.67. The molecule has 0 unspecified atom stereocenters. The van der Waals surface area contributed by atoms with Gasteiger partial charge in [-0.05, 0) is 44.3 Å². The molecule has 0 amide bonds. The predicted octanol–water partition coefficient (Wildman–Crippen LogP) is 5.71. The smallest absolute Gasteiger partial charge is 0.308 e. The van der Waals surface area contributed by atoms with Crippen molar-refractivity contribution in [1.29, 1.82) is 0 Å². The van der Waals surface area contributed by atoms with Gasteiger partial charge in [-0.1, -0.05) is 51.3 Å². The molecule has 2 nitrogen and oxygen atoms in total. The van der Waals surface area contributed by atoms with Gasteiger partial charge >= 0.3 is 5.97 Å². The Bertz CT molecular complexity index is 324. The largest absolute Gasteiger partial charge is 0.427 e. The molecular weight excluding hydrogens is 248 g/mol. The number of rotatable bonds is 11. The minimum Gasteiger partial charge on any atom is -0.427 e. The third kappa shape index (κ3) is 13.1. The Labute approximate surface area is 124 Å². The van der Waals surface area contributed by atoms with Crippen molar-refractivity contribution in [1.82, 2.24) is 0 Å². The van der Waals surface area contributed by atoms with Crippen molar-refractivity contribution in [2.24, 2.45) is 0 Å². The molecule has 0 rings (SSSR count). The third-order valence-electron chi connectivity index (χ3n) is 2.82. The zero-order valence-corrected chi connectivity index (χ0v) is 13.4. The van der Waals surface area contributed by atoms with Crippen LogP contribution in [0.15, 0.2) is 36.1 Å². The van der Waals surface area contributed by atoms with Crippen LogP contribution in [0.2, 0.25) is 0 Å². The SMILES string of the molecule is CCCC=C(C=CCCC=CCCCCC)OC(C)=O. The summed E-state index contributed by atoms with van der Waals surface area (Å²) in [6.45, 7) is 5.77. The van der Waals surface area contributed by atoms with Crippen molar-refractivity contribution in [2.45, 2.75) is 72.1 Å². The van der Waals surface area contributed by atoms with E-state index in [0.29, 0.717) is 5.76 Å². The molecule has 0 heterocycles. The Balaban J connectivity index is 3.90. The molecule has 20 heavy (non-hydrogen) atoms. The van der Waals surface area contributed by atoms with Gasteiger partial charge in [0.25, 0.3) is 0 Å². The Hall–Kier alpha value is -1.31. The number of unbranched alkanes of at least 4 members (excludes halogenated alkanes) is 5. The lowest BCUT2D eigenvalue weighted by Gasteiger charge is -2.01. The number of hydrogen-bond acceptors (Lipinski definition) is 2. The highest BCUT2D eigenvalue weighted by Crippen LogP contribution is 2.06. The van der Waals surface area contributed by atoms with E-state index < -0.39 is 0 Å². The van der Waals surface area contributed by atoms with Crippen LogP contribution in [0, 0.1) is 0 Å². The van der Waals surface area contributed by atoms with Crippen molar-refractivity contribution in [2.75, 3.05) is 0 Å². The Morgan fingerprint density at radius 3 is 2.25 bits per heavy atom. The zero-order chi connectivity index (χ0) is 15.1. The Morgan fingerprint density at radius 1 is 0.900 bits per heavy atom. The molecule has 0 aliphatic heterocycles. The molecule has 0 aromatic carbocycles. The molecule has 0 saturated heterocycles. The molecule has 0 aromatic rings. The quantitative estimate of drug-likeness (QED) is 0.159. The second-order valence-corrected chi connectivity index (χ2v) is 4.94. The van der Waals surface area contributed by atoms with E-state index in [1.165, 1.54) is 32.6 Å². The molecule has 0 fully saturated rings. The first kappa shape index (κ1) is 18.7. The third-order valence-corrected chi connectivity index (χ3v) is 2.82. The summed E-state index contributed by atoms with van der Waals surface area (Å²) < 4.78 is 5.14. The molecule has 2 heteroatoms. The average Bonchev–Trinajstić information content (AvgIpc) is 2.42. The molecule has 0 aromatic heterocycles. The fourth-order valence-corrected chi connectivity index (χ4v) is 1.74. The molecule has 0 bridgehead atoms. The number of allylic oxidation sites excluding steroid dienone is 5. The van der Waals surface area contributed by atoms with Gasteiger partial charge in [0.05, 0.1) is 0 Å². The standard InChI is InChI=1S/C18H30O2/c1-4-6-8-9-10-11-12-13-14-16-18(15-7-5-2)20-17(3)19/h10-11,14-16H,4-9,12-13H2,1-3H3. The van der Waals surface area contributed by atoms with Gasteiger partial charge in [0.1, 0.15) is 5.76 Å². The number of carbonyl (C=O) groups is 1. The monoisotopic (exact) mass is 278 g/mol. The van der Waals surface area contributed by atoms with E-state index in [4.69, 9.17) is 4.74 Å². The van der Waals surface area contributed by atoms with Crippen molar-refractivity contribution < 1.29 is 9.53 Å². The molecule has 0 aliphatic carbocycles. The van der Waals surface area contributed by atoms with E-state index in [1.807, 2.05) is 12.2 Å². The van der Waals surface area contributed by atoms with Crippen molar-refractivity contribution in [3.63, 3.8) is 0 Å². The first-order chi connectivity index (χ1) is 9.70. The van der Waals surface area contributed by atoms with E-state index in [-0.39, 0.29) is 5.97 Å². The predicted molar refractivity (Wildman–Crippen MR) is 86.4 cm³/mol. The maximum atomic E-state index is 11.0. The normalized spacial score (nSPS) is 12.4. The van der Waals surface area contributed by atoms with Crippen LogP contribution in [0.4, 0.5) is 0 Å². The molecule has 114 valence electrons. The molecule has 0 saturated carbocycles. The topological polar surface area (TPSA) is 26.3 Å². The second kappa shape index (κ2) is 14.1. The van der Waals surface area contributed by atoms with Crippen LogP contribution >= 0.6 is 0 Å². The van der Waals surface area contributed by atoms with E-state index >= 15 is 0 Å². The van der Waals surface area contributed by atoms with Gasteiger partial charge in [0.2, 0.25) is 0 Å². The van der Waals surface area contributed by atoms with Gasteiger partial charge in [-0.15, -0.1) is 0 Å². The fourth-order valence-electron chi connectivity index (χ4n) is 1.74. The Morgan fingerprint density at radius 2 is 1.60 bits per heavy atom. The van der Waals surface area contributed by atoms with Crippen LogP contribution < -0.4 is 0 Å².